The summed E-state index contributed by atoms with van der Waals surface area (Å²) in [5.41, 5.74) is 1.40. The topological polar surface area (TPSA) is 61.2 Å². The first-order valence-corrected chi connectivity index (χ1v) is 9.41. The molecule has 4 aromatic rings. The number of pyridine rings is 2. The summed E-state index contributed by atoms with van der Waals surface area (Å²) in [4.78, 5) is 30.9. The number of aromatic nitrogens is 2. The fourth-order valence-corrected chi connectivity index (χ4v) is 3.43. The molecular formula is C24H19FN2O3. The van der Waals surface area contributed by atoms with E-state index in [4.69, 9.17) is 4.74 Å². The van der Waals surface area contributed by atoms with Crippen LogP contribution >= 0.6 is 0 Å². The molecule has 2 aromatic carbocycles. The lowest BCUT2D eigenvalue weighted by Crippen LogP contribution is -2.21. The normalized spacial score (nSPS) is 10.9. The van der Waals surface area contributed by atoms with E-state index in [2.05, 4.69) is 4.98 Å². The number of fused-ring (bicyclic) bond motifs is 1. The smallest absolute Gasteiger partial charge is 0.202 e. The highest BCUT2D eigenvalue weighted by molar-refractivity contribution is 6.11. The lowest BCUT2D eigenvalue weighted by atomic mass is 10.0. The highest BCUT2D eigenvalue weighted by Gasteiger charge is 2.21. The van der Waals surface area contributed by atoms with Gasteiger partial charge in [0.05, 0.1) is 30.2 Å². The molecule has 6 heteroatoms. The summed E-state index contributed by atoms with van der Waals surface area (Å²) in [6.07, 6.45) is 1.46. The predicted molar refractivity (Wildman–Crippen MR) is 113 cm³/mol. The van der Waals surface area contributed by atoms with Gasteiger partial charge in [0.15, 0.2) is 0 Å². The van der Waals surface area contributed by atoms with Crippen LogP contribution < -0.4 is 10.2 Å². The highest BCUT2D eigenvalue weighted by Crippen LogP contribution is 2.22. The first-order chi connectivity index (χ1) is 14.5. The Hall–Kier alpha value is -3.80. The van der Waals surface area contributed by atoms with Crippen LogP contribution in [0.15, 0.2) is 71.7 Å². The Labute approximate surface area is 172 Å². The van der Waals surface area contributed by atoms with E-state index < -0.39 is 11.2 Å². The number of aryl methyl sites for hydroxylation is 1. The number of hydrogen-bond donors (Lipinski definition) is 0. The Balaban J connectivity index is 1.94. The van der Waals surface area contributed by atoms with Gasteiger partial charge in [0.1, 0.15) is 17.2 Å². The maximum atomic E-state index is 14.3. The van der Waals surface area contributed by atoms with Crippen LogP contribution in [0.2, 0.25) is 0 Å². The fourth-order valence-electron chi connectivity index (χ4n) is 3.43. The molecule has 150 valence electrons. The molecule has 0 spiro atoms. The molecule has 0 aliphatic carbocycles. The van der Waals surface area contributed by atoms with Gasteiger partial charge in [-0.15, -0.1) is 0 Å². The molecule has 4 rings (SSSR count). The second-order valence-corrected chi connectivity index (χ2v) is 6.94. The van der Waals surface area contributed by atoms with Gasteiger partial charge in [-0.25, -0.2) is 9.37 Å². The van der Waals surface area contributed by atoms with Gasteiger partial charge in [-0.05, 0) is 37.3 Å². The first kappa shape index (κ1) is 19.5. The van der Waals surface area contributed by atoms with Gasteiger partial charge in [-0.3, -0.25) is 9.59 Å². The molecule has 0 atom stereocenters. The Morgan fingerprint density at radius 3 is 2.53 bits per heavy atom. The monoisotopic (exact) mass is 402 g/mol. The number of carbonyl (C=O) groups is 1. The molecule has 2 heterocycles. The molecule has 5 nitrogen and oxygen atoms in total. The summed E-state index contributed by atoms with van der Waals surface area (Å²) in [5.74, 6) is -0.443. The van der Waals surface area contributed by atoms with Crippen LogP contribution in [-0.4, -0.2) is 22.4 Å². The minimum Gasteiger partial charge on any atom is -0.496 e. The zero-order chi connectivity index (χ0) is 21.3. The van der Waals surface area contributed by atoms with Crippen molar-refractivity contribution >= 4 is 16.8 Å². The third-order valence-corrected chi connectivity index (χ3v) is 4.96. The van der Waals surface area contributed by atoms with Gasteiger partial charge in [0, 0.05) is 17.5 Å². The molecule has 0 bridgehead atoms. The largest absolute Gasteiger partial charge is 0.496 e. The average molecular weight is 402 g/mol. The van der Waals surface area contributed by atoms with Gasteiger partial charge in [0.2, 0.25) is 11.2 Å². The lowest BCUT2D eigenvalue weighted by molar-refractivity contribution is 0.103. The molecule has 30 heavy (non-hydrogen) atoms. The Morgan fingerprint density at radius 1 is 1.03 bits per heavy atom. The Morgan fingerprint density at radius 2 is 1.77 bits per heavy atom. The summed E-state index contributed by atoms with van der Waals surface area (Å²) in [7, 11) is 1.47. The van der Waals surface area contributed by atoms with Crippen LogP contribution in [0.5, 0.6) is 5.75 Å². The van der Waals surface area contributed by atoms with Crippen molar-refractivity contribution < 1.29 is 13.9 Å². The van der Waals surface area contributed by atoms with Crippen molar-refractivity contribution in [1.29, 1.82) is 0 Å². The first-order valence-electron chi connectivity index (χ1n) is 9.41. The quantitative estimate of drug-likeness (QED) is 0.471. The van der Waals surface area contributed by atoms with Gasteiger partial charge in [-0.1, -0.05) is 30.3 Å². The molecule has 0 unspecified atom stereocenters. The maximum absolute atomic E-state index is 14.3. The van der Waals surface area contributed by atoms with E-state index in [1.165, 1.54) is 19.4 Å². The second-order valence-electron chi connectivity index (χ2n) is 6.94. The zero-order valence-electron chi connectivity index (χ0n) is 16.6. The van der Waals surface area contributed by atoms with E-state index in [1.54, 1.807) is 59.2 Å². The van der Waals surface area contributed by atoms with Crippen LogP contribution in [0.3, 0.4) is 0 Å². The van der Waals surface area contributed by atoms with E-state index >= 15 is 0 Å². The van der Waals surface area contributed by atoms with Crippen LogP contribution in [0.25, 0.3) is 11.0 Å². The number of benzene rings is 2. The van der Waals surface area contributed by atoms with E-state index in [1.807, 2.05) is 6.92 Å². The number of nitrogens with zero attached hydrogens (tertiary/aromatic N) is 2. The molecule has 2 aromatic heterocycles. The van der Waals surface area contributed by atoms with Gasteiger partial charge in [0.25, 0.3) is 0 Å². The number of halogens is 1. The zero-order valence-corrected chi connectivity index (χ0v) is 16.6. The average Bonchev–Trinajstić information content (AvgIpc) is 2.76. The number of ketones is 1. The van der Waals surface area contributed by atoms with Crippen LogP contribution in [0, 0.1) is 12.7 Å². The van der Waals surface area contributed by atoms with Gasteiger partial charge < -0.3 is 9.30 Å². The Kier molecular flexibility index (Phi) is 5.14. The minimum absolute atomic E-state index is 0.0195. The van der Waals surface area contributed by atoms with E-state index in [0.29, 0.717) is 28.0 Å². The van der Waals surface area contributed by atoms with Crippen molar-refractivity contribution in [2.75, 3.05) is 7.11 Å². The minimum atomic E-state index is -0.456. The molecule has 0 radical (unpaired) electrons. The van der Waals surface area contributed by atoms with Crippen molar-refractivity contribution in [2.24, 2.45) is 0 Å². The Bertz CT molecular complexity index is 1330. The van der Waals surface area contributed by atoms with Crippen molar-refractivity contribution in [2.45, 2.75) is 13.5 Å². The number of hydrogen-bond acceptors (Lipinski definition) is 4. The fraction of sp³-hybridized carbons (Fsp3) is 0.125. The van der Waals surface area contributed by atoms with Gasteiger partial charge in [-0.2, -0.15) is 0 Å². The highest BCUT2D eigenvalue weighted by atomic mass is 19.1. The molecular weight excluding hydrogens is 383 g/mol. The van der Waals surface area contributed by atoms with E-state index in [9.17, 15) is 14.0 Å². The second kappa shape index (κ2) is 7.91. The van der Waals surface area contributed by atoms with Crippen LogP contribution in [0.1, 0.15) is 27.2 Å². The number of carbonyl (C=O) groups excluding carboxylic acids is 1. The molecule has 0 fully saturated rings. The summed E-state index contributed by atoms with van der Waals surface area (Å²) < 4.78 is 21.2. The summed E-state index contributed by atoms with van der Waals surface area (Å²) >= 11 is 0. The standard InChI is InChI=1S/C24H19FN2O3/c1-15-11-12-18-23(29)19(22(28)17-8-4-6-10-21(17)30-2)14-27(24(18)26-15)13-16-7-3-5-9-20(16)25/h3-12,14H,13H2,1-2H3. The summed E-state index contributed by atoms with van der Waals surface area (Å²) in [5, 5.41) is 0.303. The number of rotatable bonds is 5. The predicted octanol–water partition coefficient (Wildman–Crippen LogP) is 4.13. The third kappa shape index (κ3) is 3.48. The molecule has 0 aliphatic heterocycles. The number of methoxy groups -OCH3 is 1. The molecule has 0 aliphatic rings. The van der Waals surface area contributed by atoms with Crippen molar-refractivity contribution in [1.82, 2.24) is 9.55 Å². The third-order valence-electron chi connectivity index (χ3n) is 4.96. The SMILES string of the molecule is COc1ccccc1C(=O)c1cn(Cc2ccccc2F)c2nc(C)ccc2c1=O. The maximum Gasteiger partial charge on any atom is 0.202 e. The van der Waals surface area contributed by atoms with Crippen molar-refractivity contribution in [3.8, 4) is 5.75 Å². The van der Waals surface area contributed by atoms with Crippen molar-refractivity contribution in [3.63, 3.8) is 0 Å². The molecule has 0 saturated heterocycles. The number of ether oxygens (including phenoxy) is 1. The van der Waals surface area contributed by atoms with E-state index in [0.717, 1.165) is 0 Å². The summed E-state index contributed by atoms with van der Waals surface area (Å²) in [6.45, 7) is 1.94. The number of para-hydroxylation sites is 1. The van der Waals surface area contributed by atoms with Crippen LogP contribution in [0.4, 0.5) is 4.39 Å². The molecule has 0 amide bonds. The lowest BCUT2D eigenvalue weighted by Gasteiger charge is -2.14. The van der Waals surface area contributed by atoms with Crippen molar-refractivity contribution in [3.05, 3.63) is 105 Å². The van der Waals surface area contributed by atoms with E-state index in [-0.39, 0.29) is 23.5 Å². The summed E-state index contributed by atoms with van der Waals surface area (Å²) in [6, 6.07) is 16.5. The molecule has 0 N–H and O–H groups in total. The van der Waals surface area contributed by atoms with Crippen LogP contribution in [-0.2, 0) is 6.54 Å². The molecule has 0 saturated carbocycles. The van der Waals surface area contributed by atoms with Gasteiger partial charge >= 0.3 is 0 Å².